The average molecular weight is 268 g/mol. The largest absolute Gasteiger partial charge is 0.480 e. The lowest BCUT2D eigenvalue weighted by Gasteiger charge is -2.39. The minimum absolute atomic E-state index is 0.0437. The Hall–Kier alpha value is -1.26. The number of nitrogens with zero attached hydrogens (tertiary/aromatic N) is 2. The highest BCUT2D eigenvalue weighted by Gasteiger charge is 2.38. The first-order valence-corrected chi connectivity index (χ1v) is 7.39. The van der Waals surface area contributed by atoms with Crippen LogP contribution < -0.4 is 0 Å². The van der Waals surface area contributed by atoms with Crippen molar-refractivity contribution in [1.82, 2.24) is 9.80 Å². The monoisotopic (exact) mass is 268 g/mol. The van der Waals surface area contributed by atoms with Crippen molar-refractivity contribution >= 4 is 12.0 Å². The fourth-order valence-electron chi connectivity index (χ4n) is 3.22. The molecular weight excluding hydrogens is 244 g/mol. The van der Waals surface area contributed by atoms with Crippen molar-refractivity contribution in [2.75, 3.05) is 19.6 Å². The summed E-state index contributed by atoms with van der Waals surface area (Å²) in [7, 11) is 0. The Morgan fingerprint density at radius 1 is 1.00 bits per heavy atom. The smallest absolute Gasteiger partial charge is 0.326 e. The second-order valence-electron chi connectivity index (χ2n) is 5.78. The quantitative estimate of drug-likeness (QED) is 0.792. The van der Waals surface area contributed by atoms with Gasteiger partial charge < -0.3 is 14.9 Å². The summed E-state index contributed by atoms with van der Waals surface area (Å²) in [6.45, 7) is 4.06. The van der Waals surface area contributed by atoms with Gasteiger partial charge in [0.25, 0.3) is 0 Å². The highest BCUT2D eigenvalue weighted by Crippen LogP contribution is 2.25. The van der Waals surface area contributed by atoms with Gasteiger partial charge in [-0.3, -0.25) is 0 Å². The summed E-state index contributed by atoms with van der Waals surface area (Å²) in [5.41, 5.74) is 0. The Bertz CT molecular complexity index is 338. The molecule has 0 aromatic rings. The van der Waals surface area contributed by atoms with Crippen LogP contribution in [0.3, 0.4) is 0 Å². The minimum Gasteiger partial charge on any atom is -0.480 e. The Balaban J connectivity index is 2.08. The van der Waals surface area contributed by atoms with E-state index in [9.17, 15) is 14.7 Å². The molecule has 0 spiro atoms. The molecule has 19 heavy (non-hydrogen) atoms. The Morgan fingerprint density at radius 2 is 1.63 bits per heavy atom. The number of carbonyl (C=O) groups is 2. The van der Waals surface area contributed by atoms with E-state index in [4.69, 9.17) is 0 Å². The Morgan fingerprint density at radius 3 is 2.21 bits per heavy atom. The third-order valence-electron chi connectivity index (χ3n) is 4.31. The standard InChI is InChI=1S/C14H24N2O3/c1-11-7-6-10-16(12(11)13(17)18)14(19)15-8-4-2-3-5-9-15/h11-12H,2-10H2,1H3,(H,17,18). The number of urea groups is 1. The van der Waals surface area contributed by atoms with Gasteiger partial charge in [-0.15, -0.1) is 0 Å². The molecule has 0 bridgehead atoms. The van der Waals surface area contributed by atoms with E-state index in [-0.39, 0.29) is 11.9 Å². The lowest BCUT2D eigenvalue weighted by atomic mass is 9.91. The van der Waals surface area contributed by atoms with Gasteiger partial charge in [-0.25, -0.2) is 9.59 Å². The molecular formula is C14H24N2O3. The SMILES string of the molecule is CC1CCCN(C(=O)N2CCCCCC2)C1C(=O)O. The zero-order valence-electron chi connectivity index (χ0n) is 11.7. The van der Waals surface area contributed by atoms with Gasteiger partial charge >= 0.3 is 12.0 Å². The summed E-state index contributed by atoms with van der Waals surface area (Å²) in [5, 5.41) is 9.37. The predicted molar refractivity (Wildman–Crippen MR) is 72.0 cm³/mol. The first kappa shape index (κ1) is 14.2. The Labute approximate surface area is 114 Å². The maximum atomic E-state index is 12.6. The molecule has 5 heteroatoms. The van der Waals surface area contributed by atoms with E-state index in [1.54, 1.807) is 4.90 Å². The predicted octanol–water partition coefficient (Wildman–Crippen LogP) is 2.17. The Kier molecular flexibility index (Phi) is 4.66. The summed E-state index contributed by atoms with van der Waals surface area (Å²) < 4.78 is 0. The van der Waals surface area contributed by atoms with Crippen molar-refractivity contribution in [2.45, 2.75) is 51.5 Å². The topological polar surface area (TPSA) is 60.9 Å². The summed E-state index contributed by atoms with van der Waals surface area (Å²) in [4.78, 5) is 27.4. The zero-order chi connectivity index (χ0) is 13.8. The molecule has 0 aromatic heterocycles. The van der Waals surface area contributed by atoms with Crippen molar-refractivity contribution in [3.05, 3.63) is 0 Å². The fraction of sp³-hybridized carbons (Fsp3) is 0.857. The molecule has 0 aliphatic carbocycles. The number of amides is 2. The van der Waals surface area contributed by atoms with E-state index >= 15 is 0 Å². The summed E-state index contributed by atoms with van der Waals surface area (Å²) in [6.07, 6.45) is 6.20. The molecule has 2 unspecified atom stereocenters. The first-order valence-electron chi connectivity index (χ1n) is 7.39. The van der Waals surface area contributed by atoms with Crippen LogP contribution in [0, 0.1) is 5.92 Å². The molecule has 2 heterocycles. The number of piperidine rings is 1. The normalized spacial score (nSPS) is 28.9. The van der Waals surface area contributed by atoms with Gasteiger partial charge in [0, 0.05) is 19.6 Å². The summed E-state index contributed by atoms with van der Waals surface area (Å²) in [5.74, 6) is -0.822. The van der Waals surface area contributed by atoms with Crippen LogP contribution in [-0.4, -0.2) is 52.6 Å². The van der Waals surface area contributed by atoms with Crippen molar-refractivity contribution in [1.29, 1.82) is 0 Å². The minimum atomic E-state index is -0.865. The molecule has 5 nitrogen and oxygen atoms in total. The number of likely N-dealkylation sites (tertiary alicyclic amines) is 2. The van der Waals surface area contributed by atoms with Crippen molar-refractivity contribution in [3.63, 3.8) is 0 Å². The molecule has 1 N–H and O–H groups in total. The number of hydrogen-bond donors (Lipinski definition) is 1. The highest BCUT2D eigenvalue weighted by atomic mass is 16.4. The number of carbonyl (C=O) groups excluding carboxylic acids is 1. The molecule has 2 saturated heterocycles. The first-order chi connectivity index (χ1) is 9.11. The van der Waals surface area contributed by atoms with E-state index in [1.807, 2.05) is 11.8 Å². The molecule has 2 aliphatic heterocycles. The molecule has 2 fully saturated rings. The number of aliphatic carboxylic acids is 1. The van der Waals surface area contributed by atoms with Gasteiger partial charge in [-0.05, 0) is 31.6 Å². The molecule has 0 aromatic carbocycles. The number of carboxylic acids is 1. The third-order valence-corrected chi connectivity index (χ3v) is 4.31. The van der Waals surface area contributed by atoms with Crippen molar-refractivity contribution < 1.29 is 14.7 Å². The van der Waals surface area contributed by atoms with E-state index < -0.39 is 12.0 Å². The van der Waals surface area contributed by atoms with Gasteiger partial charge in [0.2, 0.25) is 0 Å². The van der Waals surface area contributed by atoms with E-state index in [2.05, 4.69) is 0 Å². The van der Waals surface area contributed by atoms with E-state index in [0.717, 1.165) is 38.8 Å². The molecule has 0 saturated carbocycles. The molecule has 2 amide bonds. The van der Waals surface area contributed by atoms with Crippen molar-refractivity contribution in [3.8, 4) is 0 Å². The van der Waals surface area contributed by atoms with Crippen molar-refractivity contribution in [2.24, 2.45) is 5.92 Å². The van der Waals surface area contributed by atoms with Gasteiger partial charge in [0.1, 0.15) is 6.04 Å². The third kappa shape index (κ3) is 3.19. The number of carboxylic acid groups (broad SMARTS) is 1. The molecule has 108 valence electrons. The van der Waals surface area contributed by atoms with Gasteiger partial charge in [0.15, 0.2) is 0 Å². The second-order valence-corrected chi connectivity index (χ2v) is 5.78. The lowest BCUT2D eigenvalue weighted by Crippen LogP contribution is -2.56. The van der Waals surface area contributed by atoms with E-state index in [0.29, 0.717) is 6.54 Å². The molecule has 0 radical (unpaired) electrons. The van der Waals surface area contributed by atoms with Crippen LogP contribution in [0.15, 0.2) is 0 Å². The molecule has 2 aliphatic rings. The average Bonchev–Trinajstić information content (AvgIpc) is 2.66. The summed E-state index contributed by atoms with van der Waals surface area (Å²) in [6, 6.07) is -0.717. The van der Waals surface area contributed by atoms with Crippen LogP contribution in [0.5, 0.6) is 0 Å². The van der Waals surface area contributed by atoms with Crippen LogP contribution >= 0.6 is 0 Å². The van der Waals surface area contributed by atoms with Gasteiger partial charge in [0.05, 0.1) is 0 Å². The lowest BCUT2D eigenvalue weighted by molar-refractivity contribution is -0.145. The summed E-state index contributed by atoms with van der Waals surface area (Å²) >= 11 is 0. The number of rotatable bonds is 1. The van der Waals surface area contributed by atoms with Gasteiger partial charge in [-0.1, -0.05) is 19.8 Å². The van der Waals surface area contributed by atoms with Crippen LogP contribution in [0.1, 0.15) is 45.4 Å². The fourth-order valence-corrected chi connectivity index (χ4v) is 3.22. The maximum Gasteiger partial charge on any atom is 0.326 e. The molecule has 2 rings (SSSR count). The van der Waals surface area contributed by atoms with E-state index in [1.165, 1.54) is 12.8 Å². The highest BCUT2D eigenvalue weighted by molar-refractivity contribution is 5.83. The maximum absolute atomic E-state index is 12.6. The zero-order valence-corrected chi connectivity index (χ0v) is 11.7. The number of hydrogen-bond acceptors (Lipinski definition) is 2. The second kappa shape index (κ2) is 6.26. The van der Waals surface area contributed by atoms with Gasteiger partial charge in [-0.2, -0.15) is 0 Å². The van der Waals surface area contributed by atoms with Crippen LogP contribution in [0.4, 0.5) is 4.79 Å². The van der Waals surface area contributed by atoms with Crippen LogP contribution in [0.25, 0.3) is 0 Å². The molecule has 2 atom stereocenters. The van der Waals surface area contributed by atoms with Crippen LogP contribution in [0.2, 0.25) is 0 Å². The van der Waals surface area contributed by atoms with Crippen LogP contribution in [-0.2, 0) is 4.79 Å².